The number of hydrogen-bond acceptors (Lipinski definition) is 5. The maximum atomic E-state index is 13.8. The van der Waals surface area contributed by atoms with Gasteiger partial charge in [-0.3, -0.25) is 9.69 Å². The lowest BCUT2D eigenvalue weighted by Crippen LogP contribution is -2.18. The lowest BCUT2D eigenvalue weighted by atomic mass is 10.1. The molecule has 1 N–H and O–H groups in total. The molecule has 2 aromatic heterocycles. The Morgan fingerprint density at radius 3 is 2.86 bits per heavy atom. The van der Waals surface area contributed by atoms with E-state index >= 15 is 0 Å². The van der Waals surface area contributed by atoms with Crippen molar-refractivity contribution in [3.63, 3.8) is 0 Å². The zero-order valence-corrected chi connectivity index (χ0v) is 16.3. The van der Waals surface area contributed by atoms with Gasteiger partial charge in [0.1, 0.15) is 17.3 Å². The SMILES string of the molecule is O=C(CCc1ccc(-c2ccccc2F)o1)Nc1nc(CN2CCCC2)cs1. The van der Waals surface area contributed by atoms with Gasteiger partial charge in [0, 0.05) is 24.8 Å². The molecule has 3 heterocycles. The van der Waals surface area contributed by atoms with Gasteiger partial charge in [0.15, 0.2) is 5.13 Å². The summed E-state index contributed by atoms with van der Waals surface area (Å²) in [6, 6.07) is 10.00. The Hall–Kier alpha value is -2.51. The van der Waals surface area contributed by atoms with Gasteiger partial charge in [-0.25, -0.2) is 9.37 Å². The Balaban J connectivity index is 1.28. The number of carbonyl (C=O) groups excluding carboxylic acids is 1. The lowest BCUT2D eigenvalue weighted by Gasteiger charge is -2.11. The van der Waals surface area contributed by atoms with Crippen LogP contribution in [0, 0.1) is 5.82 Å². The molecule has 1 aromatic carbocycles. The van der Waals surface area contributed by atoms with Crippen molar-refractivity contribution < 1.29 is 13.6 Å². The minimum atomic E-state index is -0.324. The fraction of sp³-hybridized carbons (Fsp3) is 0.333. The number of nitrogens with zero attached hydrogens (tertiary/aromatic N) is 2. The number of likely N-dealkylation sites (tertiary alicyclic amines) is 1. The van der Waals surface area contributed by atoms with E-state index in [-0.39, 0.29) is 18.1 Å². The molecule has 3 aromatic rings. The fourth-order valence-electron chi connectivity index (χ4n) is 3.34. The van der Waals surface area contributed by atoms with Crippen molar-refractivity contribution in [3.8, 4) is 11.3 Å². The molecule has 5 nitrogen and oxygen atoms in total. The van der Waals surface area contributed by atoms with Gasteiger partial charge >= 0.3 is 0 Å². The predicted octanol–water partition coefficient (Wildman–Crippen LogP) is 4.71. The molecule has 0 aliphatic carbocycles. The van der Waals surface area contributed by atoms with Crippen molar-refractivity contribution in [1.82, 2.24) is 9.88 Å². The number of thiazole rings is 1. The average Bonchev–Trinajstić information content (AvgIpc) is 3.44. The summed E-state index contributed by atoms with van der Waals surface area (Å²) in [6.07, 6.45) is 3.23. The van der Waals surface area contributed by atoms with Crippen LogP contribution < -0.4 is 5.32 Å². The van der Waals surface area contributed by atoms with Gasteiger partial charge in [-0.1, -0.05) is 12.1 Å². The predicted molar refractivity (Wildman–Crippen MR) is 108 cm³/mol. The highest BCUT2D eigenvalue weighted by Crippen LogP contribution is 2.25. The van der Waals surface area contributed by atoms with E-state index in [4.69, 9.17) is 4.42 Å². The normalized spacial score (nSPS) is 14.5. The van der Waals surface area contributed by atoms with Crippen LogP contribution in [-0.4, -0.2) is 28.9 Å². The number of furan rings is 1. The maximum absolute atomic E-state index is 13.8. The first-order valence-electron chi connectivity index (χ1n) is 9.47. The van der Waals surface area contributed by atoms with Gasteiger partial charge in [-0.05, 0) is 50.2 Å². The first-order valence-corrected chi connectivity index (χ1v) is 10.4. The van der Waals surface area contributed by atoms with Gasteiger partial charge in [-0.2, -0.15) is 0 Å². The first kappa shape index (κ1) is 18.8. The van der Waals surface area contributed by atoms with Gasteiger partial charge in [0.2, 0.25) is 5.91 Å². The largest absolute Gasteiger partial charge is 0.461 e. The zero-order chi connectivity index (χ0) is 19.3. The Morgan fingerprint density at radius 2 is 2.04 bits per heavy atom. The van der Waals surface area contributed by atoms with E-state index < -0.39 is 0 Å². The monoisotopic (exact) mass is 399 g/mol. The van der Waals surface area contributed by atoms with Crippen molar-refractivity contribution in [2.45, 2.75) is 32.2 Å². The first-order chi connectivity index (χ1) is 13.7. The molecule has 1 fully saturated rings. The van der Waals surface area contributed by atoms with Crippen LogP contribution in [0.15, 0.2) is 46.2 Å². The number of nitrogens with one attached hydrogen (secondary N) is 1. The van der Waals surface area contributed by atoms with E-state index in [0.717, 1.165) is 25.3 Å². The molecule has 0 spiro atoms. The number of benzene rings is 1. The van der Waals surface area contributed by atoms with Crippen LogP contribution in [0.2, 0.25) is 0 Å². The molecule has 0 unspecified atom stereocenters. The summed E-state index contributed by atoms with van der Waals surface area (Å²) in [5.41, 5.74) is 1.43. The molecule has 28 heavy (non-hydrogen) atoms. The Morgan fingerprint density at radius 1 is 1.21 bits per heavy atom. The molecule has 0 saturated carbocycles. The second kappa shape index (κ2) is 8.67. The van der Waals surface area contributed by atoms with Crippen LogP contribution >= 0.6 is 11.3 Å². The fourth-order valence-corrected chi connectivity index (χ4v) is 4.06. The zero-order valence-electron chi connectivity index (χ0n) is 15.5. The number of carbonyl (C=O) groups is 1. The molecule has 1 aliphatic heterocycles. The number of aryl methyl sites for hydroxylation is 1. The third kappa shape index (κ3) is 4.66. The molecule has 0 bridgehead atoms. The number of aromatic nitrogens is 1. The van der Waals surface area contributed by atoms with Crippen LogP contribution in [0.3, 0.4) is 0 Å². The maximum Gasteiger partial charge on any atom is 0.226 e. The van der Waals surface area contributed by atoms with Crippen molar-refractivity contribution >= 4 is 22.4 Å². The summed E-state index contributed by atoms with van der Waals surface area (Å²) in [4.78, 5) is 19.1. The van der Waals surface area contributed by atoms with Crippen molar-refractivity contribution in [3.05, 3.63) is 59.0 Å². The highest BCUT2D eigenvalue weighted by atomic mass is 32.1. The van der Waals surface area contributed by atoms with Crippen molar-refractivity contribution in [2.75, 3.05) is 18.4 Å². The van der Waals surface area contributed by atoms with Gasteiger partial charge in [-0.15, -0.1) is 11.3 Å². The molecular formula is C21H22FN3O2S. The summed E-state index contributed by atoms with van der Waals surface area (Å²) >= 11 is 1.45. The molecule has 0 radical (unpaired) electrons. The number of amides is 1. The van der Waals surface area contributed by atoms with Crippen molar-refractivity contribution in [1.29, 1.82) is 0 Å². The Bertz CT molecular complexity index is 947. The summed E-state index contributed by atoms with van der Waals surface area (Å²) in [7, 11) is 0. The second-order valence-electron chi connectivity index (χ2n) is 6.92. The second-order valence-corrected chi connectivity index (χ2v) is 7.78. The molecule has 4 rings (SSSR count). The van der Waals surface area contributed by atoms with E-state index in [1.807, 2.05) is 5.38 Å². The molecule has 1 saturated heterocycles. The minimum absolute atomic E-state index is 0.106. The average molecular weight is 399 g/mol. The van der Waals surface area contributed by atoms with Gasteiger partial charge < -0.3 is 9.73 Å². The van der Waals surface area contributed by atoms with E-state index in [2.05, 4.69) is 15.2 Å². The minimum Gasteiger partial charge on any atom is -0.461 e. The highest BCUT2D eigenvalue weighted by molar-refractivity contribution is 7.13. The van der Waals surface area contributed by atoms with Gasteiger partial charge in [0.25, 0.3) is 0 Å². The van der Waals surface area contributed by atoms with E-state index in [1.54, 1.807) is 30.3 Å². The summed E-state index contributed by atoms with van der Waals surface area (Å²) in [5.74, 6) is 0.697. The number of rotatable bonds is 7. The third-order valence-electron chi connectivity index (χ3n) is 4.78. The Labute approximate surface area is 167 Å². The van der Waals surface area contributed by atoms with E-state index in [1.165, 1.54) is 30.2 Å². The third-order valence-corrected chi connectivity index (χ3v) is 5.59. The number of halogens is 1. The van der Waals surface area contributed by atoms with E-state index in [9.17, 15) is 9.18 Å². The number of anilines is 1. The van der Waals surface area contributed by atoms with Crippen LogP contribution in [0.4, 0.5) is 9.52 Å². The lowest BCUT2D eigenvalue weighted by molar-refractivity contribution is -0.116. The molecule has 146 valence electrons. The van der Waals surface area contributed by atoms with E-state index in [0.29, 0.717) is 28.6 Å². The molecule has 1 amide bonds. The van der Waals surface area contributed by atoms with Crippen LogP contribution in [0.25, 0.3) is 11.3 Å². The quantitative estimate of drug-likeness (QED) is 0.625. The molecule has 7 heteroatoms. The smallest absolute Gasteiger partial charge is 0.226 e. The summed E-state index contributed by atoms with van der Waals surface area (Å²) in [5, 5.41) is 5.48. The standard InChI is InChI=1S/C21H22FN3O2S/c22-18-6-2-1-5-17(18)19-9-7-16(27-19)8-10-20(26)24-21-23-15(14-28-21)13-25-11-3-4-12-25/h1-2,5-7,9,14H,3-4,8,10-13H2,(H,23,24,26). The topological polar surface area (TPSA) is 58.4 Å². The summed E-state index contributed by atoms with van der Waals surface area (Å²) < 4.78 is 19.5. The molecule has 0 atom stereocenters. The van der Waals surface area contributed by atoms with Crippen molar-refractivity contribution in [2.24, 2.45) is 0 Å². The van der Waals surface area contributed by atoms with Crippen LogP contribution in [0.1, 0.15) is 30.7 Å². The highest BCUT2D eigenvalue weighted by Gasteiger charge is 2.15. The summed E-state index contributed by atoms with van der Waals surface area (Å²) in [6.45, 7) is 3.09. The number of hydrogen-bond donors (Lipinski definition) is 1. The van der Waals surface area contributed by atoms with Crippen LogP contribution in [0.5, 0.6) is 0 Å². The van der Waals surface area contributed by atoms with Crippen LogP contribution in [-0.2, 0) is 17.8 Å². The molecular weight excluding hydrogens is 377 g/mol. The Kier molecular flexibility index (Phi) is 5.83. The van der Waals surface area contributed by atoms with Gasteiger partial charge in [0.05, 0.1) is 11.3 Å². The molecule has 1 aliphatic rings.